The maximum Gasteiger partial charge on any atom is 0.326 e. The number of amides is 1. The average molecular weight is 228 g/mol. The van der Waals surface area contributed by atoms with Crippen LogP contribution in [-0.2, 0) is 9.59 Å². The van der Waals surface area contributed by atoms with Crippen LogP contribution in [0.25, 0.3) is 0 Å². The van der Waals surface area contributed by atoms with Crippen molar-refractivity contribution < 1.29 is 14.7 Å². The first-order chi connectivity index (χ1) is 7.52. The largest absolute Gasteiger partial charge is 0.480 e. The maximum atomic E-state index is 11.3. The number of nitrogens with zero attached hydrogens (tertiary/aromatic N) is 2. The number of hydrogen-bond acceptors (Lipinski definition) is 3. The molecule has 1 rings (SSSR count). The molecule has 0 bridgehead atoms. The highest BCUT2D eigenvalue weighted by Gasteiger charge is 2.23. The fourth-order valence-corrected chi connectivity index (χ4v) is 2.01. The molecule has 1 amide bonds. The predicted molar refractivity (Wildman–Crippen MR) is 60.2 cm³/mol. The molecule has 16 heavy (non-hydrogen) atoms. The molecule has 92 valence electrons. The summed E-state index contributed by atoms with van der Waals surface area (Å²) in [6.45, 7) is 6.37. The average Bonchev–Trinajstić information content (AvgIpc) is 2.69. The number of likely N-dealkylation sites (tertiary alicyclic amines) is 1. The highest BCUT2D eigenvalue weighted by Crippen LogP contribution is 2.08. The number of carbonyl (C=O) groups is 2. The van der Waals surface area contributed by atoms with Gasteiger partial charge in [-0.25, -0.2) is 4.79 Å². The summed E-state index contributed by atoms with van der Waals surface area (Å²) in [7, 11) is 0. The highest BCUT2D eigenvalue weighted by atomic mass is 16.4. The summed E-state index contributed by atoms with van der Waals surface area (Å²) < 4.78 is 0. The highest BCUT2D eigenvalue weighted by molar-refractivity contribution is 5.81. The van der Waals surface area contributed by atoms with Gasteiger partial charge in [0.2, 0.25) is 5.91 Å². The number of aliphatic carboxylic acids is 1. The van der Waals surface area contributed by atoms with Crippen LogP contribution in [0.3, 0.4) is 0 Å². The van der Waals surface area contributed by atoms with Gasteiger partial charge in [0.15, 0.2) is 0 Å². The minimum atomic E-state index is -0.948. The lowest BCUT2D eigenvalue weighted by Crippen LogP contribution is -2.45. The summed E-state index contributed by atoms with van der Waals surface area (Å²) in [6.07, 6.45) is 2.41. The quantitative estimate of drug-likeness (QED) is 0.740. The third-order valence-corrected chi connectivity index (χ3v) is 3.09. The minimum Gasteiger partial charge on any atom is -0.480 e. The Kier molecular flexibility index (Phi) is 4.73. The van der Waals surface area contributed by atoms with Crippen LogP contribution in [0.2, 0.25) is 0 Å². The van der Waals surface area contributed by atoms with Gasteiger partial charge in [-0.05, 0) is 32.9 Å². The normalized spacial score (nSPS) is 18.4. The Morgan fingerprint density at radius 1 is 1.38 bits per heavy atom. The third kappa shape index (κ3) is 3.48. The van der Waals surface area contributed by atoms with E-state index in [1.54, 1.807) is 6.92 Å². The monoisotopic (exact) mass is 228 g/mol. The van der Waals surface area contributed by atoms with Crippen molar-refractivity contribution in [2.45, 2.75) is 32.7 Å². The van der Waals surface area contributed by atoms with Crippen LogP contribution in [0.4, 0.5) is 0 Å². The van der Waals surface area contributed by atoms with Gasteiger partial charge in [-0.3, -0.25) is 4.79 Å². The molecule has 1 fully saturated rings. The van der Waals surface area contributed by atoms with Crippen molar-refractivity contribution in [2.24, 2.45) is 0 Å². The first-order valence-electron chi connectivity index (χ1n) is 5.74. The van der Waals surface area contributed by atoms with Crippen LogP contribution in [0.1, 0.15) is 26.7 Å². The molecule has 1 N–H and O–H groups in total. The summed E-state index contributed by atoms with van der Waals surface area (Å²) in [5.74, 6) is -1.12. The molecule has 1 atom stereocenters. The zero-order valence-electron chi connectivity index (χ0n) is 9.98. The first-order valence-corrected chi connectivity index (χ1v) is 5.74. The van der Waals surface area contributed by atoms with Gasteiger partial charge in [0.1, 0.15) is 6.04 Å². The summed E-state index contributed by atoms with van der Waals surface area (Å²) in [4.78, 5) is 25.9. The molecule has 0 radical (unpaired) electrons. The van der Waals surface area contributed by atoms with Crippen molar-refractivity contribution >= 4 is 11.9 Å². The van der Waals surface area contributed by atoms with E-state index < -0.39 is 12.0 Å². The van der Waals surface area contributed by atoms with E-state index in [1.807, 2.05) is 0 Å². The smallest absolute Gasteiger partial charge is 0.326 e. The standard InChI is InChI=1S/C11H20N2O3/c1-9(11(15)16)13(10(2)14)8-7-12-5-3-4-6-12/h9H,3-8H2,1-2H3,(H,15,16). The molecule has 1 heterocycles. The van der Waals surface area contributed by atoms with Gasteiger partial charge in [-0.15, -0.1) is 0 Å². The molecule has 0 aromatic heterocycles. The lowest BCUT2D eigenvalue weighted by atomic mass is 10.2. The molecule has 1 saturated heterocycles. The second-order valence-electron chi connectivity index (χ2n) is 4.28. The van der Waals surface area contributed by atoms with Gasteiger partial charge in [0.05, 0.1) is 0 Å². The molecule has 0 aromatic rings. The number of carbonyl (C=O) groups excluding carboxylic acids is 1. The Labute approximate surface area is 96.0 Å². The zero-order valence-corrected chi connectivity index (χ0v) is 9.98. The fraction of sp³-hybridized carbons (Fsp3) is 0.818. The van der Waals surface area contributed by atoms with E-state index in [0.29, 0.717) is 6.54 Å². The Bertz CT molecular complexity index is 262. The van der Waals surface area contributed by atoms with Crippen LogP contribution in [0, 0.1) is 0 Å². The van der Waals surface area contributed by atoms with Crippen molar-refractivity contribution in [3.63, 3.8) is 0 Å². The van der Waals surface area contributed by atoms with Crippen LogP contribution in [-0.4, -0.2) is 59.0 Å². The summed E-state index contributed by atoms with van der Waals surface area (Å²) >= 11 is 0. The van der Waals surface area contributed by atoms with E-state index in [1.165, 1.54) is 24.7 Å². The lowest BCUT2D eigenvalue weighted by molar-refractivity contribution is -0.148. The van der Waals surface area contributed by atoms with E-state index >= 15 is 0 Å². The summed E-state index contributed by atoms with van der Waals surface area (Å²) in [6, 6.07) is -0.736. The molecular formula is C11H20N2O3. The second-order valence-corrected chi connectivity index (χ2v) is 4.28. The Hall–Kier alpha value is -1.10. The van der Waals surface area contributed by atoms with E-state index in [0.717, 1.165) is 19.6 Å². The molecule has 1 unspecified atom stereocenters. The first kappa shape index (κ1) is 13.0. The molecule has 0 saturated carbocycles. The minimum absolute atomic E-state index is 0.172. The molecule has 5 heteroatoms. The number of hydrogen-bond donors (Lipinski definition) is 1. The van der Waals surface area contributed by atoms with Crippen molar-refractivity contribution in [3.8, 4) is 0 Å². The molecular weight excluding hydrogens is 208 g/mol. The van der Waals surface area contributed by atoms with Gasteiger partial charge >= 0.3 is 5.97 Å². The van der Waals surface area contributed by atoms with E-state index in [2.05, 4.69) is 4.90 Å². The van der Waals surface area contributed by atoms with E-state index in [9.17, 15) is 9.59 Å². The number of carboxylic acid groups (broad SMARTS) is 1. The molecule has 5 nitrogen and oxygen atoms in total. The summed E-state index contributed by atoms with van der Waals surface area (Å²) in [5.41, 5.74) is 0. The third-order valence-electron chi connectivity index (χ3n) is 3.09. The number of rotatable bonds is 5. The predicted octanol–water partition coefficient (Wildman–Crippen LogP) is 0.404. The molecule has 0 spiro atoms. The Morgan fingerprint density at radius 3 is 2.38 bits per heavy atom. The van der Waals surface area contributed by atoms with Gasteiger partial charge in [0.25, 0.3) is 0 Å². The van der Waals surface area contributed by atoms with E-state index in [4.69, 9.17) is 5.11 Å². The van der Waals surface area contributed by atoms with Crippen LogP contribution < -0.4 is 0 Å². The van der Waals surface area contributed by atoms with Crippen LogP contribution in [0.15, 0.2) is 0 Å². The van der Waals surface area contributed by atoms with Gasteiger partial charge < -0.3 is 14.9 Å². The lowest BCUT2D eigenvalue weighted by Gasteiger charge is -2.27. The Morgan fingerprint density at radius 2 is 1.94 bits per heavy atom. The topological polar surface area (TPSA) is 60.9 Å². The van der Waals surface area contributed by atoms with Crippen molar-refractivity contribution in [1.82, 2.24) is 9.80 Å². The number of carboxylic acids is 1. The van der Waals surface area contributed by atoms with Crippen molar-refractivity contribution in [2.75, 3.05) is 26.2 Å². The summed E-state index contributed by atoms with van der Waals surface area (Å²) in [5, 5.41) is 8.89. The molecule has 1 aliphatic heterocycles. The SMILES string of the molecule is CC(=O)N(CCN1CCCC1)C(C)C(=O)O. The molecule has 0 aromatic carbocycles. The maximum absolute atomic E-state index is 11.3. The van der Waals surface area contributed by atoms with Crippen molar-refractivity contribution in [1.29, 1.82) is 0 Å². The fourth-order valence-electron chi connectivity index (χ4n) is 2.01. The molecule has 1 aliphatic rings. The van der Waals surface area contributed by atoms with Gasteiger partial charge in [-0.2, -0.15) is 0 Å². The zero-order chi connectivity index (χ0) is 12.1. The van der Waals surface area contributed by atoms with Gasteiger partial charge in [-0.1, -0.05) is 0 Å². The second kappa shape index (κ2) is 5.84. The van der Waals surface area contributed by atoms with Crippen LogP contribution in [0.5, 0.6) is 0 Å². The van der Waals surface area contributed by atoms with E-state index in [-0.39, 0.29) is 5.91 Å². The Balaban J connectivity index is 2.44. The van der Waals surface area contributed by atoms with Crippen molar-refractivity contribution in [3.05, 3.63) is 0 Å². The van der Waals surface area contributed by atoms with Crippen LogP contribution >= 0.6 is 0 Å². The molecule has 0 aliphatic carbocycles. The van der Waals surface area contributed by atoms with Gasteiger partial charge in [0, 0.05) is 20.0 Å².